The van der Waals surface area contributed by atoms with Crippen LogP contribution < -0.4 is 4.90 Å². The van der Waals surface area contributed by atoms with Crippen LogP contribution >= 0.6 is 11.3 Å². The SMILES string of the molecule is CC1C=CC(C2=CC=C(N(C3=CCC(c4cccc5c4CCCCC5)C=C3)c3ccc(-c4ccc(-c5ccccc5)c(-c5ccc6sc7ccccc7c6c5)c4)cc3)CC2)=CC1. The molecule has 0 N–H and O–H groups in total. The third kappa shape index (κ3) is 7.56. The summed E-state index contributed by atoms with van der Waals surface area (Å²) in [5.74, 6) is 1.04. The van der Waals surface area contributed by atoms with Crippen LogP contribution in [0.2, 0.25) is 0 Å². The standard InChI is InChI=1S/C60H53NS/c1-41-19-21-42(22-20-41)43-23-31-50(32-24-43)61(52-35-27-47(28-36-52)54-17-10-14-46-13-6-3-7-15-53(46)54)51-33-25-44(26-34-51)48-29-37-55(45-11-4-2-5-12-45)57(39-48)49-30-38-60-58(40-49)56-16-8-9-18-59(56)62-60/h2,4-5,8-12,14,16-19,21-23,25-27,29-31,33-41,47H,3,6-7,13,15,20,24,28,32H2,1H3. The minimum atomic E-state index is 0.419. The van der Waals surface area contributed by atoms with E-state index in [0.29, 0.717) is 11.8 Å². The smallest absolute Gasteiger partial charge is 0.0458 e. The molecule has 0 amide bonds. The second-order valence-corrected chi connectivity index (χ2v) is 18.9. The molecule has 2 atom stereocenters. The number of hydrogen-bond acceptors (Lipinski definition) is 2. The number of nitrogens with zero attached hydrogens (tertiary/aromatic N) is 1. The van der Waals surface area contributed by atoms with Gasteiger partial charge in [-0.05, 0) is 167 Å². The number of anilines is 1. The maximum Gasteiger partial charge on any atom is 0.0458 e. The maximum absolute atomic E-state index is 2.53. The number of fused-ring (bicyclic) bond motifs is 4. The van der Waals surface area contributed by atoms with E-state index in [0.717, 1.165) is 25.7 Å². The minimum absolute atomic E-state index is 0.419. The van der Waals surface area contributed by atoms with Gasteiger partial charge < -0.3 is 4.90 Å². The number of thiophene rings is 1. The molecule has 4 aliphatic carbocycles. The monoisotopic (exact) mass is 819 g/mol. The van der Waals surface area contributed by atoms with Gasteiger partial charge in [-0.15, -0.1) is 11.3 Å². The number of hydrogen-bond donors (Lipinski definition) is 0. The molecule has 2 unspecified atom stereocenters. The van der Waals surface area contributed by atoms with Gasteiger partial charge >= 0.3 is 0 Å². The first-order valence-electron chi connectivity index (χ1n) is 22.9. The summed E-state index contributed by atoms with van der Waals surface area (Å²) in [6.45, 7) is 2.30. The van der Waals surface area contributed by atoms with Gasteiger partial charge in [-0.2, -0.15) is 0 Å². The Morgan fingerprint density at radius 3 is 2.19 bits per heavy atom. The summed E-state index contributed by atoms with van der Waals surface area (Å²) in [6, 6.07) is 50.1. The quantitative estimate of drug-likeness (QED) is 0.138. The van der Waals surface area contributed by atoms with Gasteiger partial charge in [0.1, 0.15) is 0 Å². The first-order chi connectivity index (χ1) is 30.6. The average molecular weight is 820 g/mol. The van der Waals surface area contributed by atoms with Gasteiger partial charge in [0.2, 0.25) is 0 Å². The summed E-state index contributed by atoms with van der Waals surface area (Å²) in [5, 5.41) is 2.66. The second kappa shape index (κ2) is 16.9. The van der Waals surface area contributed by atoms with Crippen molar-refractivity contribution in [3.63, 3.8) is 0 Å². The summed E-state index contributed by atoms with van der Waals surface area (Å²) in [4.78, 5) is 2.53. The zero-order valence-corrected chi connectivity index (χ0v) is 36.5. The Bertz CT molecular complexity index is 3000. The van der Waals surface area contributed by atoms with Crippen molar-refractivity contribution in [2.75, 3.05) is 4.90 Å². The van der Waals surface area contributed by atoms with Crippen molar-refractivity contribution in [3.05, 3.63) is 221 Å². The molecular weight excluding hydrogens is 767 g/mol. The highest BCUT2D eigenvalue weighted by Gasteiger charge is 2.24. The number of rotatable bonds is 8. The van der Waals surface area contributed by atoms with E-state index in [1.807, 2.05) is 11.3 Å². The van der Waals surface area contributed by atoms with Crippen LogP contribution in [0.1, 0.15) is 74.5 Å². The summed E-state index contributed by atoms with van der Waals surface area (Å²) >= 11 is 1.88. The molecule has 0 saturated carbocycles. The third-order valence-electron chi connectivity index (χ3n) is 13.8. The Morgan fingerprint density at radius 1 is 0.548 bits per heavy atom. The summed E-state index contributed by atoms with van der Waals surface area (Å²) in [7, 11) is 0. The number of aryl methyl sites for hydroxylation is 1. The number of allylic oxidation sites excluding steroid dienone is 11. The molecule has 0 fully saturated rings. The molecule has 1 aromatic heterocycles. The fraction of sp³-hybridized carbons (Fsp3) is 0.200. The van der Waals surface area contributed by atoms with Crippen molar-refractivity contribution in [1.29, 1.82) is 0 Å². The summed E-state index contributed by atoms with van der Waals surface area (Å²) in [6.07, 6.45) is 29.9. The van der Waals surface area contributed by atoms with Crippen molar-refractivity contribution in [2.24, 2.45) is 5.92 Å². The molecule has 1 nitrogen and oxygen atoms in total. The largest absolute Gasteiger partial charge is 0.315 e. The molecule has 0 spiro atoms. The highest BCUT2D eigenvalue weighted by atomic mass is 32.1. The summed E-state index contributed by atoms with van der Waals surface area (Å²) < 4.78 is 2.67. The fourth-order valence-electron chi connectivity index (χ4n) is 10.4. The van der Waals surface area contributed by atoms with Crippen molar-refractivity contribution in [2.45, 2.75) is 70.6 Å². The van der Waals surface area contributed by atoms with Crippen LogP contribution in [0.15, 0.2) is 205 Å². The molecule has 0 radical (unpaired) electrons. The van der Waals surface area contributed by atoms with E-state index < -0.39 is 0 Å². The second-order valence-electron chi connectivity index (χ2n) is 17.8. The van der Waals surface area contributed by atoms with Crippen LogP contribution in [0, 0.1) is 5.92 Å². The van der Waals surface area contributed by atoms with Gasteiger partial charge in [-0.1, -0.05) is 147 Å². The Labute approximate surface area is 371 Å². The van der Waals surface area contributed by atoms with Crippen LogP contribution in [0.25, 0.3) is 53.6 Å². The molecular formula is C60H53NS. The van der Waals surface area contributed by atoms with E-state index in [2.05, 4.69) is 194 Å². The van der Waals surface area contributed by atoms with Gasteiger partial charge in [-0.25, -0.2) is 0 Å². The third-order valence-corrected chi connectivity index (χ3v) is 14.9. The zero-order chi connectivity index (χ0) is 41.4. The van der Waals surface area contributed by atoms with Crippen LogP contribution in [0.5, 0.6) is 0 Å². The molecule has 62 heavy (non-hydrogen) atoms. The van der Waals surface area contributed by atoms with Crippen molar-refractivity contribution >= 4 is 37.2 Å². The van der Waals surface area contributed by atoms with Crippen LogP contribution in [-0.4, -0.2) is 0 Å². The first kappa shape index (κ1) is 38.7. The Balaban J connectivity index is 0.948. The Kier molecular flexibility index (Phi) is 10.6. The van der Waals surface area contributed by atoms with E-state index in [-0.39, 0.29) is 0 Å². The maximum atomic E-state index is 2.53. The lowest BCUT2D eigenvalue weighted by molar-refractivity contribution is 0.708. The molecule has 0 bridgehead atoms. The van der Waals surface area contributed by atoms with Gasteiger partial charge in [0.15, 0.2) is 0 Å². The average Bonchev–Trinajstić information content (AvgIpc) is 3.53. The van der Waals surface area contributed by atoms with Crippen molar-refractivity contribution in [1.82, 2.24) is 0 Å². The van der Waals surface area contributed by atoms with Crippen molar-refractivity contribution < 1.29 is 0 Å². The first-order valence-corrected chi connectivity index (χ1v) is 23.7. The molecule has 4 aliphatic rings. The lowest BCUT2D eigenvalue weighted by Crippen LogP contribution is -2.23. The minimum Gasteiger partial charge on any atom is -0.315 e. The lowest BCUT2D eigenvalue weighted by atomic mass is 9.84. The predicted molar refractivity (Wildman–Crippen MR) is 267 cm³/mol. The topological polar surface area (TPSA) is 3.24 Å². The van der Waals surface area contributed by atoms with Gasteiger partial charge in [0.25, 0.3) is 0 Å². The molecule has 2 heteroatoms. The molecule has 7 aromatic rings. The van der Waals surface area contributed by atoms with E-state index in [9.17, 15) is 0 Å². The van der Waals surface area contributed by atoms with Gasteiger partial charge in [0.05, 0.1) is 0 Å². The lowest BCUT2D eigenvalue weighted by Gasteiger charge is -2.33. The van der Waals surface area contributed by atoms with E-state index in [1.165, 1.54) is 114 Å². The molecule has 0 aliphatic heterocycles. The fourth-order valence-corrected chi connectivity index (χ4v) is 11.5. The van der Waals surface area contributed by atoms with Gasteiger partial charge in [-0.3, -0.25) is 0 Å². The van der Waals surface area contributed by atoms with E-state index in [4.69, 9.17) is 0 Å². The highest BCUT2D eigenvalue weighted by molar-refractivity contribution is 7.25. The molecule has 11 rings (SSSR count). The Hall–Kier alpha value is -6.22. The molecule has 304 valence electrons. The van der Waals surface area contributed by atoms with Crippen LogP contribution in [0.4, 0.5) is 5.69 Å². The van der Waals surface area contributed by atoms with Crippen LogP contribution in [0.3, 0.4) is 0 Å². The molecule has 1 heterocycles. The highest BCUT2D eigenvalue weighted by Crippen LogP contribution is 2.42. The van der Waals surface area contributed by atoms with Crippen molar-refractivity contribution in [3.8, 4) is 33.4 Å². The Morgan fingerprint density at radius 2 is 1.37 bits per heavy atom. The van der Waals surface area contributed by atoms with E-state index >= 15 is 0 Å². The zero-order valence-electron chi connectivity index (χ0n) is 35.7. The molecule has 0 saturated heterocycles. The number of benzene rings is 6. The van der Waals surface area contributed by atoms with E-state index in [1.54, 1.807) is 16.7 Å². The van der Waals surface area contributed by atoms with Crippen LogP contribution in [-0.2, 0) is 12.8 Å². The predicted octanol–water partition coefficient (Wildman–Crippen LogP) is 16.9. The normalized spacial score (nSPS) is 18.7. The summed E-state index contributed by atoms with van der Waals surface area (Å²) in [5.41, 5.74) is 18.9. The van der Waals surface area contributed by atoms with Gasteiger partial charge in [0, 0.05) is 43.2 Å². The molecule has 6 aromatic carbocycles.